The van der Waals surface area contributed by atoms with Crippen LogP contribution in [-0.4, -0.2) is 45.2 Å². The largest absolute Gasteiger partial charge is 0.395 e. The van der Waals surface area contributed by atoms with Crippen LogP contribution in [0.1, 0.15) is 5.56 Å². The van der Waals surface area contributed by atoms with Crippen LogP contribution in [0.15, 0.2) is 71.8 Å². The molecule has 0 atom stereocenters. The summed E-state index contributed by atoms with van der Waals surface area (Å²) in [5.41, 5.74) is 1.38. The smallest absolute Gasteiger partial charge is 0.261 e. The zero-order chi connectivity index (χ0) is 19.1. The Morgan fingerprint density at radius 3 is 2.63 bits per heavy atom. The number of aliphatic hydroxyl groups excluding tert-OH is 1. The molecule has 3 rings (SSSR count). The maximum Gasteiger partial charge on any atom is 0.261 e. The number of rotatable bonds is 7. The van der Waals surface area contributed by atoms with E-state index in [1.807, 2.05) is 48.6 Å². The monoisotopic (exact) mass is 363 g/mol. The average molecular weight is 363 g/mol. The van der Waals surface area contributed by atoms with Crippen molar-refractivity contribution in [1.29, 1.82) is 0 Å². The number of hydrogen-bond acceptors (Lipinski definition) is 4. The Morgan fingerprint density at radius 1 is 1.11 bits per heavy atom. The molecule has 6 heteroatoms. The predicted octanol–water partition coefficient (Wildman–Crippen LogP) is 1.93. The van der Waals surface area contributed by atoms with E-state index in [0.717, 1.165) is 5.56 Å². The molecule has 6 nitrogen and oxygen atoms in total. The molecule has 138 valence electrons. The zero-order valence-electron chi connectivity index (χ0n) is 14.9. The van der Waals surface area contributed by atoms with Crippen LogP contribution >= 0.6 is 0 Å². The lowest BCUT2D eigenvalue weighted by Gasteiger charge is -2.20. The molecule has 1 amide bonds. The molecule has 0 aliphatic rings. The predicted molar refractivity (Wildman–Crippen MR) is 105 cm³/mol. The van der Waals surface area contributed by atoms with E-state index >= 15 is 0 Å². The summed E-state index contributed by atoms with van der Waals surface area (Å²) in [7, 11) is 0. The van der Waals surface area contributed by atoms with Crippen LogP contribution in [-0.2, 0) is 11.3 Å². The molecule has 27 heavy (non-hydrogen) atoms. The van der Waals surface area contributed by atoms with E-state index in [1.165, 1.54) is 15.8 Å². The molecule has 1 N–H and O–H groups in total. The molecule has 0 spiro atoms. The van der Waals surface area contributed by atoms with Crippen molar-refractivity contribution in [2.45, 2.75) is 6.54 Å². The van der Waals surface area contributed by atoms with Crippen molar-refractivity contribution >= 4 is 22.9 Å². The van der Waals surface area contributed by atoms with Crippen LogP contribution in [0.4, 0.5) is 0 Å². The van der Waals surface area contributed by atoms with Crippen molar-refractivity contribution in [3.63, 3.8) is 0 Å². The molecule has 3 aromatic rings. The summed E-state index contributed by atoms with van der Waals surface area (Å²) in [4.78, 5) is 30.9. The molecule has 1 heterocycles. The Kier molecular flexibility index (Phi) is 6.12. The zero-order valence-corrected chi connectivity index (χ0v) is 14.9. The lowest BCUT2D eigenvalue weighted by atomic mass is 10.2. The molecule has 0 bridgehead atoms. The minimum atomic E-state index is -0.252. The lowest BCUT2D eigenvalue weighted by Crippen LogP contribution is -2.38. The van der Waals surface area contributed by atoms with Crippen molar-refractivity contribution in [2.24, 2.45) is 0 Å². The van der Waals surface area contributed by atoms with Crippen molar-refractivity contribution < 1.29 is 9.90 Å². The van der Waals surface area contributed by atoms with Crippen molar-refractivity contribution in [3.8, 4) is 0 Å². The maximum atomic E-state index is 12.6. The number of carbonyl (C=O) groups is 1. The number of aliphatic hydroxyl groups is 1. The van der Waals surface area contributed by atoms with Gasteiger partial charge in [0.2, 0.25) is 5.91 Å². The SMILES string of the molecule is O=C(Cn1cnc2ccccc2c1=O)N(CC=Cc1ccccc1)CCO. The minimum Gasteiger partial charge on any atom is -0.395 e. The highest BCUT2D eigenvalue weighted by Crippen LogP contribution is 2.05. The van der Waals surface area contributed by atoms with Crippen molar-refractivity contribution in [2.75, 3.05) is 19.7 Å². The molecule has 0 saturated heterocycles. The van der Waals surface area contributed by atoms with Gasteiger partial charge in [-0.2, -0.15) is 0 Å². The van der Waals surface area contributed by atoms with E-state index in [9.17, 15) is 14.7 Å². The number of fused-ring (bicyclic) bond motifs is 1. The first-order valence-electron chi connectivity index (χ1n) is 8.73. The maximum absolute atomic E-state index is 12.6. The van der Waals surface area contributed by atoms with Gasteiger partial charge in [-0.1, -0.05) is 54.6 Å². The number of carbonyl (C=O) groups excluding carboxylic acids is 1. The van der Waals surface area contributed by atoms with Crippen molar-refractivity contribution in [3.05, 3.63) is 82.9 Å². The number of amides is 1. The van der Waals surface area contributed by atoms with Gasteiger partial charge in [0, 0.05) is 13.1 Å². The Bertz CT molecular complexity index is 996. The second kappa shape index (κ2) is 8.91. The lowest BCUT2D eigenvalue weighted by molar-refractivity contribution is -0.131. The highest BCUT2D eigenvalue weighted by molar-refractivity contribution is 5.79. The molecular formula is C21H21N3O3. The van der Waals surface area contributed by atoms with E-state index < -0.39 is 0 Å². The van der Waals surface area contributed by atoms with Crippen LogP contribution in [0.3, 0.4) is 0 Å². The van der Waals surface area contributed by atoms with Gasteiger partial charge in [0.1, 0.15) is 6.54 Å². The fourth-order valence-electron chi connectivity index (χ4n) is 2.78. The normalized spacial score (nSPS) is 11.1. The molecule has 0 unspecified atom stereocenters. The van der Waals surface area contributed by atoms with E-state index in [1.54, 1.807) is 18.2 Å². The Hall–Kier alpha value is -3.25. The fraction of sp³-hybridized carbons (Fsp3) is 0.190. The third kappa shape index (κ3) is 4.68. The number of benzene rings is 2. The molecule has 1 aromatic heterocycles. The summed E-state index contributed by atoms with van der Waals surface area (Å²) < 4.78 is 1.30. The first-order valence-corrected chi connectivity index (χ1v) is 8.73. The molecule has 0 aliphatic carbocycles. The number of hydrogen-bond donors (Lipinski definition) is 1. The van der Waals surface area contributed by atoms with Gasteiger partial charge in [-0.15, -0.1) is 0 Å². The van der Waals surface area contributed by atoms with Gasteiger partial charge >= 0.3 is 0 Å². The van der Waals surface area contributed by atoms with Gasteiger partial charge in [0.15, 0.2) is 0 Å². The van der Waals surface area contributed by atoms with Gasteiger partial charge in [0.25, 0.3) is 5.56 Å². The quantitative estimate of drug-likeness (QED) is 0.696. The van der Waals surface area contributed by atoms with Crippen LogP contribution in [0, 0.1) is 0 Å². The van der Waals surface area contributed by atoms with Gasteiger partial charge in [-0.05, 0) is 17.7 Å². The van der Waals surface area contributed by atoms with Crippen LogP contribution in [0.5, 0.6) is 0 Å². The first kappa shape index (κ1) is 18.5. The number of nitrogens with zero attached hydrogens (tertiary/aromatic N) is 3. The number of aromatic nitrogens is 2. The van der Waals surface area contributed by atoms with E-state index in [4.69, 9.17) is 0 Å². The van der Waals surface area contributed by atoms with Crippen LogP contribution in [0.25, 0.3) is 17.0 Å². The minimum absolute atomic E-state index is 0.115. The molecule has 0 fully saturated rings. The highest BCUT2D eigenvalue weighted by atomic mass is 16.3. The van der Waals surface area contributed by atoms with E-state index in [2.05, 4.69) is 4.98 Å². The molecule has 2 aromatic carbocycles. The summed E-state index contributed by atoms with van der Waals surface area (Å²) in [6, 6.07) is 16.8. The first-order chi connectivity index (χ1) is 13.2. The summed E-state index contributed by atoms with van der Waals surface area (Å²) in [5.74, 6) is -0.249. The van der Waals surface area contributed by atoms with E-state index in [-0.39, 0.29) is 31.2 Å². The van der Waals surface area contributed by atoms with Crippen LogP contribution in [0.2, 0.25) is 0 Å². The highest BCUT2D eigenvalue weighted by Gasteiger charge is 2.14. The molecule has 0 saturated carbocycles. The Morgan fingerprint density at radius 2 is 1.85 bits per heavy atom. The summed E-state index contributed by atoms with van der Waals surface area (Å²) in [6.07, 6.45) is 5.17. The standard InChI is InChI=1S/C21H21N3O3/c25-14-13-23(12-6-9-17-7-2-1-3-8-17)20(26)15-24-16-22-19-11-5-4-10-18(19)21(24)27/h1-11,16,25H,12-15H2. The summed E-state index contributed by atoms with van der Waals surface area (Å²) >= 11 is 0. The van der Waals surface area contributed by atoms with Gasteiger partial charge in [0.05, 0.1) is 23.8 Å². The second-order valence-electron chi connectivity index (χ2n) is 6.07. The fourth-order valence-corrected chi connectivity index (χ4v) is 2.78. The molecule has 0 radical (unpaired) electrons. The van der Waals surface area contributed by atoms with Crippen LogP contribution < -0.4 is 5.56 Å². The van der Waals surface area contributed by atoms with Gasteiger partial charge in [-0.3, -0.25) is 14.2 Å². The van der Waals surface area contributed by atoms with Gasteiger partial charge < -0.3 is 10.0 Å². The van der Waals surface area contributed by atoms with Crippen molar-refractivity contribution in [1.82, 2.24) is 14.5 Å². The second-order valence-corrected chi connectivity index (χ2v) is 6.07. The topological polar surface area (TPSA) is 75.4 Å². The Balaban J connectivity index is 1.72. The van der Waals surface area contributed by atoms with Gasteiger partial charge in [-0.25, -0.2) is 4.98 Å². The third-order valence-electron chi connectivity index (χ3n) is 4.20. The molecular weight excluding hydrogens is 342 g/mol. The summed E-state index contributed by atoms with van der Waals surface area (Å²) in [5, 5.41) is 9.74. The third-order valence-corrected chi connectivity index (χ3v) is 4.20. The average Bonchev–Trinajstić information content (AvgIpc) is 2.70. The van der Waals surface area contributed by atoms with E-state index in [0.29, 0.717) is 17.4 Å². The Labute approximate surface area is 157 Å². The number of para-hydroxylation sites is 1. The molecule has 0 aliphatic heterocycles. The summed E-state index contributed by atoms with van der Waals surface area (Å²) in [6.45, 7) is 0.295.